The van der Waals surface area contributed by atoms with E-state index in [1.54, 1.807) is 11.3 Å². The number of rotatable bonds is 7. The van der Waals surface area contributed by atoms with Crippen LogP contribution in [0.1, 0.15) is 41.3 Å². The van der Waals surface area contributed by atoms with E-state index in [2.05, 4.69) is 57.4 Å². The molecule has 112 valence electrons. The van der Waals surface area contributed by atoms with Gasteiger partial charge in [-0.05, 0) is 50.2 Å². The molecule has 0 amide bonds. The van der Waals surface area contributed by atoms with E-state index >= 15 is 0 Å². The maximum Gasteiger partial charge on any atom is 0.0797 e. The third kappa shape index (κ3) is 4.15. The summed E-state index contributed by atoms with van der Waals surface area (Å²) in [6.07, 6.45) is 4.98. The van der Waals surface area contributed by atoms with Crippen molar-refractivity contribution in [3.05, 3.63) is 50.4 Å². The summed E-state index contributed by atoms with van der Waals surface area (Å²) in [7, 11) is 0. The van der Waals surface area contributed by atoms with Gasteiger partial charge < -0.3 is 5.32 Å². The fourth-order valence-corrected chi connectivity index (χ4v) is 4.05. The number of halogens is 1. The van der Waals surface area contributed by atoms with Gasteiger partial charge in [-0.3, -0.25) is 0 Å². The summed E-state index contributed by atoms with van der Waals surface area (Å²) in [6.45, 7) is 3.19. The molecule has 2 nitrogen and oxygen atoms in total. The molecular weight excluding hydrogens is 344 g/mol. The first-order valence-corrected chi connectivity index (χ1v) is 9.28. The van der Waals surface area contributed by atoms with Crippen LogP contribution in [-0.2, 0) is 6.42 Å². The minimum atomic E-state index is 0.558. The number of benzene rings is 1. The molecule has 1 unspecified atom stereocenters. The molecule has 0 spiro atoms. The van der Waals surface area contributed by atoms with Crippen molar-refractivity contribution in [2.24, 2.45) is 0 Å². The largest absolute Gasteiger partial charge is 0.313 e. The highest BCUT2D eigenvalue weighted by atomic mass is 79.9. The van der Waals surface area contributed by atoms with Gasteiger partial charge >= 0.3 is 0 Å². The fraction of sp³-hybridized carbons (Fsp3) is 0.471. The van der Waals surface area contributed by atoms with Gasteiger partial charge in [0.1, 0.15) is 0 Å². The van der Waals surface area contributed by atoms with Gasteiger partial charge in [-0.25, -0.2) is 4.98 Å². The maximum absolute atomic E-state index is 4.36. The lowest BCUT2D eigenvalue weighted by molar-refractivity contribution is 0.547. The van der Waals surface area contributed by atoms with Crippen LogP contribution in [0.15, 0.2) is 34.2 Å². The Morgan fingerprint density at radius 3 is 2.86 bits per heavy atom. The van der Waals surface area contributed by atoms with Gasteiger partial charge in [0.15, 0.2) is 0 Å². The Bertz CT molecular complexity index is 592. The summed E-state index contributed by atoms with van der Waals surface area (Å²) >= 11 is 5.50. The zero-order valence-electron chi connectivity index (χ0n) is 12.3. The van der Waals surface area contributed by atoms with E-state index in [4.69, 9.17) is 0 Å². The van der Waals surface area contributed by atoms with Crippen molar-refractivity contribution >= 4 is 27.3 Å². The van der Waals surface area contributed by atoms with Crippen LogP contribution in [0, 0.1) is 6.92 Å². The van der Waals surface area contributed by atoms with E-state index in [1.807, 2.05) is 5.51 Å². The molecule has 4 heteroatoms. The third-order valence-electron chi connectivity index (χ3n) is 4.14. The number of hydrogen-bond donors (Lipinski definition) is 1. The molecule has 1 aliphatic carbocycles. The smallest absolute Gasteiger partial charge is 0.0797 e. The molecular formula is C17H21BrN2S. The SMILES string of the molecule is Cc1ncsc1CCC(CNC1CC1)c1ccccc1Br. The van der Waals surface area contributed by atoms with Crippen molar-refractivity contribution in [1.29, 1.82) is 0 Å². The van der Waals surface area contributed by atoms with Crippen LogP contribution in [0.4, 0.5) is 0 Å². The molecule has 1 fully saturated rings. The lowest BCUT2D eigenvalue weighted by Crippen LogP contribution is -2.24. The highest BCUT2D eigenvalue weighted by Crippen LogP contribution is 2.30. The molecule has 1 heterocycles. The lowest BCUT2D eigenvalue weighted by Gasteiger charge is -2.19. The van der Waals surface area contributed by atoms with Crippen LogP contribution >= 0.6 is 27.3 Å². The summed E-state index contributed by atoms with van der Waals surface area (Å²) in [5.41, 5.74) is 4.58. The van der Waals surface area contributed by atoms with Crippen molar-refractivity contribution in [3.8, 4) is 0 Å². The van der Waals surface area contributed by atoms with E-state index < -0.39 is 0 Å². The highest BCUT2D eigenvalue weighted by molar-refractivity contribution is 9.10. The zero-order chi connectivity index (χ0) is 14.7. The van der Waals surface area contributed by atoms with E-state index in [0.29, 0.717) is 5.92 Å². The molecule has 2 aromatic rings. The number of hydrogen-bond acceptors (Lipinski definition) is 3. The van der Waals surface area contributed by atoms with Gasteiger partial charge in [-0.1, -0.05) is 34.1 Å². The Hall–Kier alpha value is -0.710. The van der Waals surface area contributed by atoms with Gasteiger partial charge in [-0.15, -0.1) is 11.3 Å². The Morgan fingerprint density at radius 1 is 1.38 bits per heavy atom. The van der Waals surface area contributed by atoms with Crippen LogP contribution in [0.2, 0.25) is 0 Å². The van der Waals surface area contributed by atoms with Crippen LogP contribution in [0.25, 0.3) is 0 Å². The Labute approximate surface area is 139 Å². The second-order valence-corrected chi connectivity index (χ2v) is 7.59. The average molecular weight is 365 g/mol. The van der Waals surface area contributed by atoms with Gasteiger partial charge in [0.05, 0.1) is 11.2 Å². The molecule has 1 saturated carbocycles. The monoisotopic (exact) mass is 364 g/mol. The van der Waals surface area contributed by atoms with Gasteiger partial charge in [0, 0.05) is 21.9 Å². The first-order chi connectivity index (χ1) is 10.2. The standard InChI is InChI=1S/C17H21BrN2S/c1-12-17(21-11-20-12)9-6-13(10-19-14-7-8-14)15-4-2-3-5-16(15)18/h2-5,11,13-14,19H,6-10H2,1H3. The van der Waals surface area contributed by atoms with Gasteiger partial charge in [-0.2, -0.15) is 0 Å². The summed E-state index contributed by atoms with van der Waals surface area (Å²) in [4.78, 5) is 5.79. The predicted octanol–water partition coefficient (Wildman–Crippen LogP) is 4.68. The molecule has 3 rings (SSSR count). The molecule has 1 aromatic heterocycles. The highest BCUT2D eigenvalue weighted by Gasteiger charge is 2.23. The van der Waals surface area contributed by atoms with Crippen LogP contribution in [0.3, 0.4) is 0 Å². The fourth-order valence-electron chi connectivity index (χ4n) is 2.64. The second kappa shape index (κ2) is 7.03. The minimum Gasteiger partial charge on any atom is -0.313 e. The topological polar surface area (TPSA) is 24.9 Å². The summed E-state index contributed by atoms with van der Waals surface area (Å²) in [5, 5.41) is 3.69. The third-order valence-corrected chi connectivity index (χ3v) is 5.86. The molecule has 1 atom stereocenters. The molecule has 1 aliphatic rings. The number of thiazole rings is 1. The molecule has 1 N–H and O–H groups in total. The first-order valence-electron chi connectivity index (χ1n) is 7.61. The van der Waals surface area contributed by atoms with Crippen LogP contribution < -0.4 is 5.32 Å². The van der Waals surface area contributed by atoms with Crippen LogP contribution in [0.5, 0.6) is 0 Å². The van der Waals surface area contributed by atoms with E-state index in [9.17, 15) is 0 Å². The van der Waals surface area contributed by atoms with E-state index in [1.165, 1.54) is 39.9 Å². The Morgan fingerprint density at radius 2 is 2.19 bits per heavy atom. The number of aromatic nitrogens is 1. The number of nitrogens with one attached hydrogen (secondary N) is 1. The van der Waals surface area contributed by atoms with Crippen molar-refractivity contribution in [2.75, 3.05) is 6.54 Å². The van der Waals surface area contributed by atoms with Crippen molar-refractivity contribution < 1.29 is 0 Å². The van der Waals surface area contributed by atoms with E-state index in [-0.39, 0.29) is 0 Å². The van der Waals surface area contributed by atoms with Crippen molar-refractivity contribution in [3.63, 3.8) is 0 Å². The number of nitrogens with zero attached hydrogens (tertiary/aromatic N) is 1. The van der Waals surface area contributed by atoms with Crippen molar-refractivity contribution in [1.82, 2.24) is 10.3 Å². The molecule has 1 aromatic carbocycles. The second-order valence-electron chi connectivity index (χ2n) is 5.80. The lowest BCUT2D eigenvalue weighted by atomic mass is 9.93. The molecule has 0 saturated heterocycles. The molecule has 21 heavy (non-hydrogen) atoms. The quantitative estimate of drug-likeness (QED) is 0.771. The summed E-state index contributed by atoms with van der Waals surface area (Å²) < 4.78 is 1.23. The average Bonchev–Trinajstić information content (AvgIpc) is 3.22. The summed E-state index contributed by atoms with van der Waals surface area (Å²) in [6, 6.07) is 9.40. The molecule has 0 radical (unpaired) electrons. The van der Waals surface area contributed by atoms with E-state index in [0.717, 1.165) is 19.0 Å². The summed E-state index contributed by atoms with van der Waals surface area (Å²) in [5.74, 6) is 0.558. The normalized spacial score (nSPS) is 16.1. The van der Waals surface area contributed by atoms with Gasteiger partial charge in [0.25, 0.3) is 0 Å². The predicted molar refractivity (Wildman–Crippen MR) is 93.1 cm³/mol. The van der Waals surface area contributed by atoms with Crippen LogP contribution in [-0.4, -0.2) is 17.6 Å². The minimum absolute atomic E-state index is 0.558. The number of aryl methyl sites for hydroxylation is 2. The Balaban J connectivity index is 1.69. The van der Waals surface area contributed by atoms with Crippen molar-refractivity contribution in [2.45, 2.75) is 44.6 Å². The Kier molecular flexibility index (Phi) is 5.09. The first kappa shape index (κ1) is 15.2. The molecule has 0 aliphatic heterocycles. The molecule has 0 bridgehead atoms. The van der Waals surface area contributed by atoms with Gasteiger partial charge in [0.2, 0.25) is 0 Å². The maximum atomic E-state index is 4.36. The zero-order valence-corrected chi connectivity index (χ0v) is 14.7.